The molecule has 0 aliphatic rings. The summed E-state index contributed by atoms with van der Waals surface area (Å²) < 4.78 is 0. The molecule has 0 spiro atoms. The lowest BCUT2D eigenvalue weighted by molar-refractivity contribution is 0.0698. The number of fused-ring (bicyclic) bond motifs is 1. The Morgan fingerprint density at radius 2 is 1.65 bits per heavy atom. The summed E-state index contributed by atoms with van der Waals surface area (Å²) >= 11 is 6.02. The first-order chi connectivity index (χ1) is 11.1. The third-order valence-corrected chi connectivity index (χ3v) is 3.81. The van der Waals surface area contributed by atoms with Gasteiger partial charge in [-0.25, -0.2) is 4.79 Å². The second-order valence-electron chi connectivity index (χ2n) is 4.98. The Morgan fingerprint density at radius 3 is 2.39 bits per heavy atom. The number of carbonyl (C=O) groups is 2. The van der Waals surface area contributed by atoms with Crippen LogP contribution in [0, 0.1) is 0 Å². The third-order valence-electron chi connectivity index (χ3n) is 3.49. The number of carboxylic acid groups (broad SMARTS) is 1. The SMILES string of the molecule is O=C(Nc1c(Cl)cccc1C(=O)O)c1ccc2ccccc2c1. The fourth-order valence-corrected chi connectivity index (χ4v) is 2.57. The number of amides is 1. The fourth-order valence-electron chi connectivity index (χ4n) is 2.35. The Balaban J connectivity index is 1.96. The second kappa shape index (κ2) is 6.10. The molecule has 4 nitrogen and oxygen atoms in total. The standard InChI is InChI=1S/C18H12ClNO3/c19-15-7-3-6-14(18(22)23)16(15)20-17(21)13-9-8-11-4-1-2-5-12(11)10-13/h1-10H,(H,20,21)(H,22,23). The quantitative estimate of drug-likeness (QED) is 0.748. The lowest BCUT2D eigenvalue weighted by Gasteiger charge is -2.11. The number of para-hydroxylation sites is 1. The minimum absolute atomic E-state index is 0.0494. The normalized spacial score (nSPS) is 10.5. The summed E-state index contributed by atoms with van der Waals surface area (Å²) in [6.07, 6.45) is 0. The average molecular weight is 326 g/mol. The van der Waals surface area contributed by atoms with Crippen LogP contribution in [0.5, 0.6) is 0 Å². The van der Waals surface area contributed by atoms with E-state index in [-0.39, 0.29) is 16.3 Å². The first-order valence-electron chi connectivity index (χ1n) is 6.88. The smallest absolute Gasteiger partial charge is 0.337 e. The highest BCUT2D eigenvalue weighted by Gasteiger charge is 2.16. The van der Waals surface area contributed by atoms with Crippen LogP contribution in [0.2, 0.25) is 5.02 Å². The molecular weight excluding hydrogens is 314 g/mol. The molecule has 3 aromatic carbocycles. The van der Waals surface area contributed by atoms with Gasteiger partial charge in [0.05, 0.1) is 16.3 Å². The molecule has 0 radical (unpaired) electrons. The molecule has 5 heteroatoms. The Bertz CT molecular complexity index is 921. The van der Waals surface area contributed by atoms with E-state index in [1.165, 1.54) is 18.2 Å². The molecule has 3 rings (SSSR count). The van der Waals surface area contributed by atoms with Gasteiger partial charge in [-0.15, -0.1) is 0 Å². The van der Waals surface area contributed by atoms with E-state index in [0.717, 1.165) is 10.8 Å². The van der Waals surface area contributed by atoms with Crippen molar-refractivity contribution >= 4 is 39.9 Å². The molecule has 1 amide bonds. The highest BCUT2D eigenvalue weighted by Crippen LogP contribution is 2.27. The Kier molecular flexibility index (Phi) is 4.00. The van der Waals surface area contributed by atoms with E-state index in [4.69, 9.17) is 11.6 Å². The highest BCUT2D eigenvalue weighted by molar-refractivity contribution is 6.35. The lowest BCUT2D eigenvalue weighted by atomic mass is 10.1. The summed E-state index contributed by atoms with van der Waals surface area (Å²) in [5.74, 6) is -1.56. The van der Waals surface area contributed by atoms with Crippen molar-refractivity contribution in [1.82, 2.24) is 0 Å². The van der Waals surface area contributed by atoms with Gasteiger partial charge in [0, 0.05) is 5.56 Å². The van der Waals surface area contributed by atoms with Crippen molar-refractivity contribution < 1.29 is 14.7 Å². The third kappa shape index (κ3) is 3.03. The maximum atomic E-state index is 12.4. The molecule has 0 aliphatic carbocycles. The van der Waals surface area contributed by atoms with E-state index in [9.17, 15) is 14.7 Å². The highest BCUT2D eigenvalue weighted by atomic mass is 35.5. The number of carboxylic acids is 1. The van der Waals surface area contributed by atoms with Crippen LogP contribution in [0.4, 0.5) is 5.69 Å². The number of benzene rings is 3. The summed E-state index contributed by atoms with van der Waals surface area (Å²) in [4.78, 5) is 23.7. The van der Waals surface area contributed by atoms with E-state index in [1.54, 1.807) is 12.1 Å². The van der Waals surface area contributed by atoms with Crippen LogP contribution >= 0.6 is 11.6 Å². The van der Waals surface area contributed by atoms with Gasteiger partial charge in [-0.05, 0) is 35.0 Å². The zero-order valence-electron chi connectivity index (χ0n) is 11.9. The van der Waals surface area contributed by atoms with Crippen LogP contribution < -0.4 is 5.32 Å². The van der Waals surface area contributed by atoms with Crippen molar-refractivity contribution in [3.8, 4) is 0 Å². The molecule has 0 saturated heterocycles. The van der Waals surface area contributed by atoms with Crippen molar-refractivity contribution in [1.29, 1.82) is 0 Å². The number of aromatic carboxylic acids is 1. The molecule has 3 aromatic rings. The maximum Gasteiger partial charge on any atom is 0.337 e. The van der Waals surface area contributed by atoms with Crippen LogP contribution in [0.1, 0.15) is 20.7 Å². The van der Waals surface area contributed by atoms with Crippen molar-refractivity contribution in [2.24, 2.45) is 0 Å². The minimum Gasteiger partial charge on any atom is -0.478 e. The molecule has 0 aliphatic heterocycles. The predicted molar refractivity (Wildman–Crippen MR) is 90.3 cm³/mol. The van der Waals surface area contributed by atoms with Crippen LogP contribution in [0.25, 0.3) is 10.8 Å². The Hall–Kier alpha value is -2.85. The molecule has 0 aromatic heterocycles. The fraction of sp³-hybridized carbons (Fsp3) is 0. The zero-order valence-corrected chi connectivity index (χ0v) is 12.7. The zero-order chi connectivity index (χ0) is 16.4. The van der Waals surface area contributed by atoms with Crippen molar-refractivity contribution in [2.75, 3.05) is 5.32 Å². The molecule has 0 bridgehead atoms. The molecule has 0 heterocycles. The van der Waals surface area contributed by atoms with Crippen LogP contribution in [0.15, 0.2) is 60.7 Å². The maximum absolute atomic E-state index is 12.4. The van der Waals surface area contributed by atoms with Crippen LogP contribution in [-0.2, 0) is 0 Å². The minimum atomic E-state index is -1.15. The Labute approximate surface area is 137 Å². The van der Waals surface area contributed by atoms with Gasteiger partial charge in [-0.3, -0.25) is 4.79 Å². The number of rotatable bonds is 3. The summed E-state index contributed by atoms with van der Waals surface area (Å²) in [7, 11) is 0. The van der Waals surface area contributed by atoms with Crippen LogP contribution in [0.3, 0.4) is 0 Å². The van der Waals surface area contributed by atoms with E-state index >= 15 is 0 Å². The number of carbonyl (C=O) groups excluding carboxylic acids is 1. The number of nitrogens with one attached hydrogen (secondary N) is 1. The topological polar surface area (TPSA) is 66.4 Å². The first kappa shape index (κ1) is 15.1. The summed E-state index contributed by atoms with van der Waals surface area (Å²) in [5.41, 5.74) is 0.478. The molecule has 0 unspecified atom stereocenters. The molecule has 2 N–H and O–H groups in total. The molecule has 0 atom stereocenters. The molecule has 23 heavy (non-hydrogen) atoms. The molecule has 0 saturated carbocycles. The largest absolute Gasteiger partial charge is 0.478 e. The molecule has 0 fully saturated rings. The number of hydrogen-bond donors (Lipinski definition) is 2. The van der Waals surface area contributed by atoms with Gasteiger partial charge in [0.25, 0.3) is 5.91 Å². The van der Waals surface area contributed by atoms with Gasteiger partial charge in [0.2, 0.25) is 0 Å². The number of anilines is 1. The van der Waals surface area contributed by atoms with Crippen molar-refractivity contribution in [3.05, 3.63) is 76.8 Å². The van der Waals surface area contributed by atoms with Gasteiger partial charge in [0.15, 0.2) is 0 Å². The predicted octanol–water partition coefficient (Wildman–Crippen LogP) is 4.44. The van der Waals surface area contributed by atoms with Gasteiger partial charge in [-0.2, -0.15) is 0 Å². The lowest BCUT2D eigenvalue weighted by Crippen LogP contribution is -2.15. The van der Waals surface area contributed by atoms with E-state index in [0.29, 0.717) is 5.56 Å². The summed E-state index contributed by atoms with van der Waals surface area (Å²) in [6, 6.07) is 17.4. The van der Waals surface area contributed by atoms with E-state index < -0.39 is 11.9 Å². The second-order valence-corrected chi connectivity index (χ2v) is 5.39. The molecule has 114 valence electrons. The average Bonchev–Trinajstić information content (AvgIpc) is 2.56. The number of hydrogen-bond acceptors (Lipinski definition) is 2. The Morgan fingerprint density at radius 1 is 0.913 bits per heavy atom. The number of halogens is 1. The van der Waals surface area contributed by atoms with E-state index in [1.807, 2.05) is 30.3 Å². The van der Waals surface area contributed by atoms with Crippen molar-refractivity contribution in [3.63, 3.8) is 0 Å². The van der Waals surface area contributed by atoms with Crippen LogP contribution in [-0.4, -0.2) is 17.0 Å². The summed E-state index contributed by atoms with van der Waals surface area (Å²) in [6.45, 7) is 0. The molecular formula is C18H12ClNO3. The van der Waals surface area contributed by atoms with Gasteiger partial charge in [-0.1, -0.05) is 48.0 Å². The van der Waals surface area contributed by atoms with Gasteiger partial charge >= 0.3 is 5.97 Å². The monoisotopic (exact) mass is 325 g/mol. The van der Waals surface area contributed by atoms with Crippen molar-refractivity contribution in [2.45, 2.75) is 0 Å². The van der Waals surface area contributed by atoms with E-state index in [2.05, 4.69) is 5.32 Å². The van der Waals surface area contributed by atoms with Gasteiger partial charge in [0.1, 0.15) is 0 Å². The summed E-state index contributed by atoms with van der Waals surface area (Å²) in [5, 5.41) is 13.9. The first-order valence-corrected chi connectivity index (χ1v) is 7.26. The van der Waals surface area contributed by atoms with Gasteiger partial charge < -0.3 is 10.4 Å².